The second kappa shape index (κ2) is 4.49. The third kappa shape index (κ3) is 2.15. The maximum atomic E-state index is 5.41. The van der Waals surface area contributed by atoms with Crippen LogP contribution in [-0.4, -0.2) is 11.3 Å². The molecule has 1 aromatic carbocycles. The van der Waals surface area contributed by atoms with Crippen LogP contribution in [-0.2, 0) is 9.47 Å². The fourth-order valence-electron chi connectivity index (χ4n) is 1.65. The maximum Gasteiger partial charge on any atom is 0.207 e. The van der Waals surface area contributed by atoms with Gasteiger partial charge >= 0.3 is 0 Å². The van der Waals surface area contributed by atoms with Gasteiger partial charge < -0.3 is 9.47 Å². The highest BCUT2D eigenvalue weighted by Gasteiger charge is 2.30. The molecular formula is C12H10BrNO2S. The summed E-state index contributed by atoms with van der Waals surface area (Å²) in [6.07, 6.45) is -0.411. The van der Waals surface area contributed by atoms with Crippen LogP contribution in [0.15, 0.2) is 34.1 Å². The van der Waals surface area contributed by atoms with Crippen LogP contribution in [0.4, 0.5) is 0 Å². The van der Waals surface area contributed by atoms with Gasteiger partial charge in [-0.2, -0.15) is 0 Å². The first-order valence-corrected chi connectivity index (χ1v) is 6.92. The van der Waals surface area contributed by atoms with Crippen molar-refractivity contribution < 1.29 is 9.47 Å². The van der Waals surface area contributed by atoms with Crippen molar-refractivity contribution in [2.45, 2.75) is 19.5 Å². The Morgan fingerprint density at radius 2 is 2.06 bits per heavy atom. The smallest absolute Gasteiger partial charge is 0.207 e. The summed E-state index contributed by atoms with van der Waals surface area (Å²) in [6, 6.07) is 8.04. The van der Waals surface area contributed by atoms with Crippen LogP contribution in [0, 0.1) is 0 Å². The van der Waals surface area contributed by atoms with Crippen LogP contribution < -0.4 is 0 Å². The van der Waals surface area contributed by atoms with Crippen LogP contribution in [0.1, 0.15) is 18.9 Å². The van der Waals surface area contributed by atoms with E-state index in [0.717, 1.165) is 20.7 Å². The standard InChI is InChI=1S/C12H10BrNO2S/c1-7-15-12(16-7)10-6-17-11(14-10)8-4-2-3-5-9(8)13/h2-7,12H,1H3. The lowest BCUT2D eigenvalue weighted by Crippen LogP contribution is -2.31. The molecule has 17 heavy (non-hydrogen) atoms. The van der Waals surface area contributed by atoms with E-state index in [1.165, 1.54) is 0 Å². The van der Waals surface area contributed by atoms with Crippen molar-refractivity contribution in [2.75, 3.05) is 0 Å². The topological polar surface area (TPSA) is 31.4 Å². The van der Waals surface area contributed by atoms with Gasteiger partial charge in [0.25, 0.3) is 0 Å². The molecule has 0 bridgehead atoms. The molecule has 0 spiro atoms. The molecule has 0 amide bonds. The normalized spacial score (nSPS) is 23.4. The van der Waals surface area contributed by atoms with Gasteiger partial charge in [-0.15, -0.1) is 11.3 Å². The first-order valence-electron chi connectivity index (χ1n) is 5.25. The Hall–Kier alpha value is -0.750. The third-order valence-corrected chi connectivity index (χ3v) is 4.08. The van der Waals surface area contributed by atoms with E-state index in [1.807, 2.05) is 36.6 Å². The molecule has 0 unspecified atom stereocenters. The number of benzene rings is 1. The van der Waals surface area contributed by atoms with Crippen molar-refractivity contribution >= 4 is 27.3 Å². The van der Waals surface area contributed by atoms with Gasteiger partial charge in [-0.25, -0.2) is 4.98 Å². The predicted molar refractivity (Wildman–Crippen MR) is 69.6 cm³/mol. The van der Waals surface area contributed by atoms with E-state index in [1.54, 1.807) is 11.3 Å². The summed E-state index contributed by atoms with van der Waals surface area (Å²) in [6.45, 7) is 1.87. The zero-order valence-corrected chi connectivity index (χ0v) is 11.5. The fourth-order valence-corrected chi connectivity index (χ4v) is 3.11. The molecule has 1 aromatic heterocycles. The second-order valence-electron chi connectivity index (χ2n) is 3.73. The molecular weight excluding hydrogens is 302 g/mol. The molecule has 1 aliphatic rings. The number of ether oxygens (including phenoxy) is 2. The molecule has 3 rings (SSSR count). The summed E-state index contributed by atoms with van der Waals surface area (Å²) in [5.74, 6) is 0. The summed E-state index contributed by atoms with van der Waals surface area (Å²) in [7, 11) is 0. The molecule has 0 saturated carbocycles. The van der Waals surface area contributed by atoms with Crippen molar-refractivity contribution in [2.24, 2.45) is 0 Å². The summed E-state index contributed by atoms with van der Waals surface area (Å²) in [5.41, 5.74) is 1.94. The Balaban J connectivity index is 1.88. The number of hydrogen-bond acceptors (Lipinski definition) is 4. The van der Waals surface area contributed by atoms with Gasteiger partial charge in [0.2, 0.25) is 6.29 Å². The Labute approximate surface area is 112 Å². The van der Waals surface area contributed by atoms with Crippen molar-refractivity contribution in [1.82, 2.24) is 4.98 Å². The maximum absolute atomic E-state index is 5.41. The third-order valence-electron chi connectivity index (χ3n) is 2.50. The van der Waals surface area contributed by atoms with Crippen LogP contribution in [0.2, 0.25) is 0 Å². The largest absolute Gasteiger partial charge is 0.318 e. The van der Waals surface area contributed by atoms with E-state index in [-0.39, 0.29) is 12.6 Å². The van der Waals surface area contributed by atoms with Gasteiger partial charge in [-0.3, -0.25) is 0 Å². The monoisotopic (exact) mass is 311 g/mol. The molecule has 0 N–H and O–H groups in total. The van der Waals surface area contributed by atoms with Crippen LogP contribution in [0.3, 0.4) is 0 Å². The van der Waals surface area contributed by atoms with Crippen LogP contribution >= 0.6 is 27.3 Å². The molecule has 1 fully saturated rings. The van der Waals surface area contributed by atoms with Crippen molar-refractivity contribution in [3.8, 4) is 10.6 Å². The van der Waals surface area contributed by atoms with Crippen LogP contribution in [0.5, 0.6) is 0 Å². The van der Waals surface area contributed by atoms with Crippen LogP contribution in [0.25, 0.3) is 10.6 Å². The molecule has 88 valence electrons. The first-order chi connectivity index (χ1) is 8.24. The zero-order valence-electron chi connectivity index (χ0n) is 9.09. The summed E-state index contributed by atoms with van der Waals surface area (Å²) in [5, 5.41) is 2.95. The zero-order chi connectivity index (χ0) is 11.8. The Morgan fingerprint density at radius 1 is 1.29 bits per heavy atom. The molecule has 2 aromatic rings. The SMILES string of the molecule is CC1OC(c2csc(-c3ccccc3Br)n2)O1. The molecule has 3 nitrogen and oxygen atoms in total. The van der Waals surface area contributed by atoms with Gasteiger partial charge in [-0.05, 0) is 13.0 Å². The van der Waals surface area contributed by atoms with Crippen molar-refractivity contribution in [1.29, 1.82) is 0 Å². The minimum atomic E-state index is -0.294. The van der Waals surface area contributed by atoms with E-state index in [0.29, 0.717) is 0 Å². The molecule has 5 heteroatoms. The van der Waals surface area contributed by atoms with E-state index in [9.17, 15) is 0 Å². The van der Waals surface area contributed by atoms with Crippen molar-refractivity contribution in [3.05, 3.63) is 39.8 Å². The number of rotatable bonds is 2. The summed E-state index contributed by atoms with van der Waals surface area (Å²) >= 11 is 5.12. The number of halogens is 1. The van der Waals surface area contributed by atoms with E-state index >= 15 is 0 Å². The van der Waals surface area contributed by atoms with E-state index in [4.69, 9.17) is 9.47 Å². The second-order valence-corrected chi connectivity index (χ2v) is 5.44. The number of aromatic nitrogens is 1. The molecule has 0 atom stereocenters. The summed E-state index contributed by atoms with van der Waals surface area (Å²) in [4.78, 5) is 4.54. The lowest BCUT2D eigenvalue weighted by molar-refractivity contribution is -0.383. The Kier molecular flexibility index (Phi) is 3.00. The first kappa shape index (κ1) is 11.3. The van der Waals surface area contributed by atoms with Gasteiger partial charge in [0.15, 0.2) is 6.29 Å². The number of nitrogens with zero attached hydrogens (tertiary/aromatic N) is 1. The Bertz CT molecular complexity index is 537. The van der Waals surface area contributed by atoms with E-state index < -0.39 is 0 Å². The number of hydrogen-bond donors (Lipinski definition) is 0. The quantitative estimate of drug-likeness (QED) is 0.841. The lowest BCUT2D eigenvalue weighted by Gasteiger charge is -2.32. The predicted octanol–water partition coefficient (Wildman–Crippen LogP) is 3.96. The average molecular weight is 312 g/mol. The molecule has 1 saturated heterocycles. The molecule has 0 aliphatic carbocycles. The van der Waals surface area contributed by atoms with Gasteiger partial charge in [-0.1, -0.05) is 34.1 Å². The minimum Gasteiger partial charge on any atom is -0.318 e. The highest BCUT2D eigenvalue weighted by molar-refractivity contribution is 9.10. The van der Waals surface area contributed by atoms with Gasteiger partial charge in [0.1, 0.15) is 10.7 Å². The minimum absolute atomic E-state index is 0.117. The lowest BCUT2D eigenvalue weighted by atomic mass is 10.2. The Morgan fingerprint density at radius 3 is 2.76 bits per heavy atom. The molecule has 1 aliphatic heterocycles. The highest BCUT2D eigenvalue weighted by atomic mass is 79.9. The fraction of sp³-hybridized carbons (Fsp3) is 0.250. The highest BCUT2D eigenvalue weighted by Crippen LogP contribution is 2.36. The van der Waals surface area contributed by atoms with Crippen molar-refractivity contribution in [3.63, 3.8) is 0 Å². The number of thiazole rings is 1. The molecule has 2 heterocycles. The average Bonchev–Trinajstić information content (AvgIpc) is 2.74. The van der Waals surface area contributed by atoms with E-state index in [2.05, 4.69) is 20.9 Å². The van der Waals surface area contributed by atoms with Gasteiger partial charge in [0.05, 0.1) is 0 Å². The summed E-state index contributed by atoms with van der Waals surface area (Å²) < 4.78 is 11.9. The van der Waals surface area contributed by atoms with Gasteiger partial charge in [0, 0.05) is 15.4 Å². The molecule has 0 radical (unpaired) electrons.